The van der Waals surface area contributed by atoms with Gasteiger partial charge in [-0.2, -0.15) is 9.38 Å². The maximum absolute atomic E-state index is 11.3. The lowest BCUT2D eigenvalue weighted by Crippen LogP contribution is -2.37. The molecule has 19 heavy (non-hydrogen) atoms. The fraction of sp³-hybridized carbons (Fsp3) is 0.545. The van der Waals surface area contributed by atoms with Crippen molar-refractivity contribution in [3.05, 3.63) is 21.7 Å². The van der Waals surface area contributed by atoms with Gasteiger partial charge in [-0.3, -0.25) is 0 Å². The summed E-state index contributed by atoms with van der Waals surface area (Å²) in [4.78, 5) is 18.2. The number of rotatable bonds is 4. The van der Waals surface area contributed by atoms with E-state index in [2.05, 4.69) is 15.2 Å². The molecule has 8 heteroatoms. The third kappa shape index (κ3) is 1.96. The zero-order chi connectivity index (χ0) is 13.4. The summed E-state index contributed by atoms with van der Waals surface area (Å²) in [5.41, 5.74) is 0. The molecule has 0 aliphatic carbocycles. The van der Waals surface area contributed by atoms with Crippen molar-refractivity contribution in [1.29, 1.82) is 0 Å². The zero-order valence-electron chi connectivity index (χ0n) is 10.6. The van der Waals surface area contributed by atoms with Crippen molar-refractivity contribution in [1.82, 2.24) is 14.7 Å². The largest absolute Gasteiger partial charge is 0.373 e. The summed E-state index contributed by atoms with van der Waals surface area (Å²) in [6.45, 7) is 1.65. The predicted octanol–water partition coefficient (Wildman–Crippen LogP) is 1.49. The Morgan fingerprint density at radius 3 is 3.26 bits per heavy atom. The van der Waals surface area contributed by atoms with Crippen LogP contribution in [0.1, 0.15) is 12.8 Å². The first-order valence-electron chi connectivity index (χ1n) is 6.23. The van der Waals surface area contributed by atoms with Crippen LogP contribution in [0, 0.1) is 10.1 Å². The standard InChI is InChI=1S/C11H15N5O2S/c1-12-7-8-3-2-4-14(8)9-10(16(17)18)15-5-6-19-11(15)13-9/h5-6,8,12H,2-4,7H2,1H3. The third-order valence-corrected chi connectivity index (χ3v) is 4.24. The average Bonchev–Trinajstić information content (AvgIpc) is 3.00. The lowest BCUT2D eigenvalue weighted by molar-refractivity contribution is -0.389. The van der Waals surface area contributed by atoms with Crippen molar-refractivity contribution in [2.75, 3.05) is 25.0 Å². The molecule has 3 rings (SSSR count). The lowest BCUT2D eigenvalue weighted by atomic mass is 10.2. The van der Waals surface area contributed by atoms with E-state index in [0.29, 0.717) is 10.8 Å². The second-order valence-corrected chi connectivity index (χ2v) is 5.49. The summed E-state index contributed by atoms with van der Waals surface area (Å²) in [6.07, 6.45) is 3.80. The van der Waals surface area contributed by atoms with E-state index in [-0.39, 0.29) is 16.8 Å². The van der Waals surface area contributed by atoms with Crippen LogP contribution < -0.4 is 10.2 Å². The predicted molar refractivity (Wildman–Crippen MR) is 74.0 cm³/mol. The number of nitro groups is 1. The van der Waals surface area contributed by atoms with E-state index >= 15 is 0 Å². The second-order valence-electron chi connectivity index (χ2n) is 4.62. The maximum Gasteiger partial charge on any atom is 0.373 e. The fourth-order valence-electron chi connectivity index (χ4n) is 2.69. The van der Waals surface area contributed by atoms with Crippen LogP contribution in [0.25, 0.3) is 4.96 Å². The summed E-state index contributed by atoms with van der Waals surface area (Å²) in [5.74, 6) is 0.592. The summed E-state index contributed by atoms with van der Waals surface area (Å²) in [5, 5.41) is 16.3. The highest BCUT2D eigenvalue weighted by Gasteiger charge is 2.34. The number of nitrogens with zero attached hydrogens (tertiary/aromatic N) is 4. The Kier molecular flexibility index (Phi) is 3.11. The number of fused-ring (bicyclic) bond motifs is 1. The van der Waals surface area contributed by atoms with Crippen molar-refractivity contribution in [3.8, 4) is 0 Å². The van der Waals surface area contributed by atoms with Crippen LogP contribution in [0.15, 0.2) is 11.6 Å². The highest BCUT2D eigenvalue weighted by atomic mass is 32.1. The number of anilines is 1. The normalized spacial score (nSPS) is 19.4. The molecule has 102 valence electrons. The molecule has 1 aliphatic heterocycles. The van der Waals surface area contributed by atoms with E-state index in [4.69, 9.17) is 0 Å². The minimum atomic E-state index is -0.337. The van der Waals surface area contributed by atoms with Gasteiger partial charge >= 0.3 is 5.82 Å². The van der Waals surface area contributed by atoms with E-state index in [1.165, 1.54) is 11.3 Å². The number of likely N-dealkylation sites (N-methyl/N-ethyl adjacent to an activating group) is 1. The summed E-state index contributed by atoms with van der Waals surface area (Å²) >= 11 is 1.42. The first kappa shape index (κ1) is 12.4. The Bertz CT molecular complexity index is 607. The molecule has 1 saturated heterocycles. The molecular formula is C11H15N5O2S. The number of hydrogen-bond donors (Lipinski definition) is 1. The molecule has 1 N–H and O–H groups in total. The van der Waals surface area contributed by atoms with Gasteiger partial charge in [0.05, 0.1) is 0 Å². The van der Waals surface area contributed by atoms with Gasteiger partial charge in [0, 0.05) is 24.5 Å². The van der Waals surface area contributed by atoms with Crippen molar-refractivity contribution in [2.45, 2.75) is 18.9 Å². The van der Waals surface area contributed by atoms with Gasteiger partial charge in [0.1, 0.15) is 6.20 Å². The Hall–Kier alpha value is -1.67. The molecular weight excluding hydrogens is 266 g/mol. The van der Waals surface area contributed by atoms with Crippen molar-refractivity contribution in [3.63, 3.8) is 0 Å². The highest BCUT2D eigenvalue weighted by Crippen LogP contribution is 2.34. The van der Waals surface area contributed by atoms with Gasteiger partial charge < -0.3 is 20.3 Å². The zero-order valence-corrected chi connectivity index (χ0v) is 11.4. The molecule has 0 saturated carbocycles. The van der Waals surface area contributed by atoms with Crippen LogP contribution in [0.4, 0.5) is 11.6 Å². The Morgan fingerprint density at radius 2 is 2.53 bits per heavy atom. The molecule has 7 nitrogen and oxygen atoms in total. The molecule has 1 unspecified atom stereocenters. The molecule has 0 aromatic carbocycles. The number of nitrogens with one attached hydrogen (secondary N) is 1. The molecule has 1 fully saturated rings. The number of hydrogen-bond acceptors (Lipinski definition) is 6. The van der Waals surface area contributed by atoms with Gasteiger partial charge in [-0.1, -0.05) is 11.3 Å². The second kappa shape index (κ2) is 4.78. The first-order chi connectivity index (χ1) is 9.22. The molecule has 0 spiro atoms. The molecule has 1 atom stereocenters. The molecule has 0 amide bonds. The monoisotopic (exact) mass is 281 g/mol. The van der Waals surface area contributed by atoms with Gasteiger partial charge in [0.2, 0.25) is 5.82 Å². The average molecular weight is 281 g/mol. The van der Waals surface area contributed by atoms with Gasteiger partial charge in [-0.15, -0.1) is 0 Å². The smallest absolute Gasteiger partial charge is 0.358 e. The van der Waals surface area contributed by atoms with Gasteiger partial charge in [0.15, 0.2) is 0 Å². The molecule has 3 heterocycles. The molecule has 0 bridgehead atoms. The first-order valence-corrected chi connectivity index (χ1v) is 7.11. The quantitative estimate of drug-likeness (QED) is 0.679. The Morgan fingerprint density at radius 1 is 1.68 bits per heavy atom. The minimum Gasteiger partial charge on any atom is -0.358 e. The van der Waals surface area contributed by atoms with Crippen LogP contribution in [0.5, 0.6) is 0 Å². The molecule has 2 aromatic rings. The SMILES string of the molecule is CNCC1CCCN1c1nc2sccn2c1[N+](=O)[O-]. The van der Waals surface area contributed by atoms with Crippen molar-refractivity contribution < 1.29 is 4.92 Å². The van der Waals surface area contributed by atoms with Crippen LogP contribution in [-0.4, -0.2) is 40.5 Å². The topological polar surface area (TPSA) is 75.7 Å². The Balaban J connectivity index is 2.06. The number of aromatic nitrogens is 2. The van der Waals surface area contributed by atoms with Gasteiger partial charge in [-0.05, 0) is 24.8 Å². The van der Waals surface area contributed by atoms with Gasteiger partial charge in [0.25, 0.3) is 4.96 Å². The van der Waals surface area contributed by atoms with Crippen molar-refractivity contribution >= 4 is 27.9 Å². The van der Waals surface area contributed by atoms with Crippen LogP contribution >= 0.6 is 11.3 Å². The number of imidazole rings is 1. The Labute approximate surface area is 114 Å². The third-order valence-electron chi connectivity index (χ3n) is 3.48. The molecule has 0 radical (unpaired) electrons. The van der Waals surface area contributed by atoms with E-state index in [0.717, 1.165) is 25.9 Å². The molecule has 1 aliphatic rings. The van der Waals surface area contributed by atoms with E-state index in [1.807, 2.05) is 12.4 Å². The number of thiazole rings is 1. The molecule has 2 aromatic heterocycles. The van der Waals surface area contributed by atoms with Crippen LogP contribution in [0.3, 0.4) is 0 Å². The van der Waals surface area contributed by atoms with Crippen LogP contribution in [-0.2, 0) is 0 Å². The van der Waals surface area contributed by atoms with E-state index in [9.17, 15) is 10.1 Å². The summed E-state index contributed by atoms with van der Waals surface area (Å²) in [7, 11) is 1.90. The van der Waals surface area contributed by atoms with E-state index in [1.54, 1.807) is 10.6 Å². The van der Waals surface area contributed by atoms with Crippen LogP contribution in [0.2, 0.25) is 0 Å². The maximum atomic E-state index is 11.3. The van der Waals surface area contributed by atoms with Crippen molar-refractivity contribution in [2.24, 2.45) is 0 Å². The highest BCUT2D eigenvalue weighted by molar-refractivity contribution is 7.15. The fourth-order valence-corrected chi connectivity index (χ4v) is 3.39. The summed E-state index contributed by atoms with van der Waals surface area (Å²) < 4.78 is 1.56. The lowest BCUT2D eigenvalue weighted by Gasteiger charge is -2.23. The minimum absolute atomic E-state index is 0.0826. The van der Waals surface area contributed by atoms with E-state index < -0.39 is 0 Å². The summed E-state index contributed by atoms with van der Waals surface area (Å²) in [6, 6.07) is 0.285. The van der Waals surface area contributed by atoms with Gasteiger partial charge in [-0.25, -0.2) is 0 Å².